The molecule has 1 atom stereocenters. The van der Waals surface area contributed by atoms with Crippen LogP contribution in [0.25, 0.3) is 0 Å². The number of halogens is 1. The molecule has 0 aliphatic heterocycles. The van der Waals surface area contributed by atoms with E-state index in [4.69, 9.17) is 0 Å². The molecule has 0 unspecified atom stereocenters. The molecule has 7 nitrogen and oxygen atoms in total. The van der Waals surface area contributed by atoms with Gasteiger partial charge in [0.1, 0.15) is 11.9 Å². The first-order valence-corrected chi connectivity index (χ1v) is 10.5. The Morgan fingerprint density at radius 1 is 1.00 bits per heavy atom. The summed E-state index contributed by atoms with van der Waals surface area (Å²) >= 11 is 0. The van der Waals surface area contributed by atoms with Gasteiger partial charge in [0.25, 0.3) is 11.8 Å². The summed E-state index contributed by atoms with van der Waals surface area (Å²) in [4.78, 5) is 24.6. The summed E-state index contributed by atoms with van der Waals surface area (Å²) in [6, 6.07) is 10.4. The third-order valence-electron chi connectivity index (χ3n) is 4.07. The van der Waals surface area contributed by atoms with E-state index in [1.807, 2.05) is 20.8 Å². The van der Waals surface area contributed by atoms with Crippen molar-refractivity contribution in [3.05, 3.63) is 65.5 Å². The van der Waals surface area contributed by atoms with Crippen LogP contribution in [0, 0.1) is 18.7 Å². The first kappa shape index (κ1) is 22.5. The number of aryl methyl sites for hydroxylation is 1. The van der Waals surface area contributed by atoms with Gasteiger partial charge in [0, 0.05) is 0 Å². The molecule has 0 aliphatic carbocycles. The Morgan fingerprint density at radius 3 is 2.21 bits per heavy atom. The van der Waals surface area contributed by atoms with E-state index < -0.39 is 33.7 Å². The van der Waals surface area contributed by atoms with Gasteiger partial charge in [-0.05, 0) is 43.5 Å². The highest BCUT2D eigenvalue weighted by atomic mass is 32.2. The smallest absolute Gasteiger partial charge is 0.271 e. The van der Waals surface area contributed by atoms with Gasteiger partial charge >= 0.3 is 0 Å². The molecule has 0 aliphatic rings. The molecule has 0 bridgehead atoms. The molecule has 3 N–H and O–H groups in total. The number of hydrazine groups is 1. The lowest BCUT2D eigenvalue weighted by molar-refractivity contribution is -0.123. The van der Waals surface area contributed by atoms with Crippen LogP contribution in [0.3, 0.4) is 0 Å². The van der Waals surface area contributed by atoms with Crippen molar-refractivity contribution < 1.29 is 22.4 Å². The van der Waals surface area contributed by atoms with Crippen LogP contribution in [0.15, 0.2) is 53.4 Å². The summed E-state index contributed by atoms with van der Waals surface area (Å²) in [6.07, 6.45) is 0.201. The first-order chi connectivity index (χ1) is 13.6. The molecule has 9 heteroatoms. The minimum Gasteiger partial charge on any atom is -0.271 e. The van der Waals surface area contributed by atoms with Crippen molar-refractivity contribution in [1.29, 1.82) is 0 Å². The summed E-state index contributed by atoms with van der Waals surface area (Å²) in [7, 11) is -3.95. The summed E-state index contributed by atoms with van der Waals surface area (Å²) in [5.41, 5.74) is 4.93. The second kappa shape index (κ2) is 9.62. The number of rotatable bonds is 7. The van der Waals surface area contributed by atoms with Crippen LogP contribution in [0.2, 0.25) is 0 Å². The number of amides is 2. The molecule has 0 saturated carbocycles. The lowest BCUT2D eigenvalue weighted by Gasteiger charge is -2.20. The average molecular weight is 421 g/mol. The predicted molar refractivity (Wildman–Crippen MR) is 107 cm³/mol. The first-order valence-electron chi connectivity index (χ1n) is 9.04. The van der Waals surface area contributed by atoms with Crippen molar-refractivity contribution >= 4 is 21.8 Å². The van der Waals surface area contributed by atoms with Gasteiger partial charge < -0.3 is 0 Å². The zero-order chi connectivity index (χ0) is 21.6. The average Bonchev–Trinajstić information content (AvgIpc) is 2.65. The second-order valence-electron chi connectivity index (χ2n) is 7.04. The van der Waals surface area contributed by atoms with Gasteiger partial charge in [-0.15, -0.1) is 0 Å². The van der Waals surface area contributed by atoms with E-state index in [0.29, 0.717) is 0 Å². The Morgan fingerprint density at radius 2 is 1.62 bits per heavy atom. The largest absolute Gasteiger partial charge is 0.272 e. The van der Waals surface area contributed by atoms with Crippen LogP contribution in [-0.4, -0.2) is 26.3 Å². The van der Waals surface area contributed by atoms with Gasteiger partial charge in [-0.3, -0.25) is 20.4 Å². The van der Waals surface area contributed by atoms with Crippen LogP contribution in [0.1, 0.15) is 36.2 Å². The number of hydrogen-bond donors (Lipinski definition) is 3. The molecule has 29 heavy (non-hydrogen) atoms. The fourth-order valence-electron chi connectivity index (χ4n) is 2.57. The quantitative estimate of drug-likeness (QED) is 0.597. The highest BCUT2D eigenvalue weighted by Gasteiger charge is 2.27. The maximum atomic E-state index is 13.7. The minimum absolute atomic E-state index is 0.00580. The summed E-state index contributed by atoms with van der Waals surface area (Å²) in [5.74, 6) is -2.34. The molecule has 156 valence electrons. The molecule has 0 spiro atoms. The monoisotopic (exact) mass is 421 g/mol. The van der Waals surface area contributed by atoms with Crippen molar-refractivity contribution in [1.82, 2.24) is 15.6 Å². The van der Waals surface area contributed by atoms with E-state index in [1.165, 1.54) is 30.3 Å². The van der Waals surface area contributed by atoms with Gasteiger partial charge in [0.15, 0.2) is 0 Å². The van der Waals surface area contributed by atoms with Gasteiger partial charge in [-0.2, -0.15) is 4.72 Å². The predicted octanol–water partition coefficient (Wildman–Crippen LogP) is 2.29. The molecule has 2 amide bonds. The van der Waals surface area contributed by atoms with Gasteiger partial charge in [0.05, 0.1) is 10.5 Å². The van der Waals surface area contributed by atoms with E-state index >= 15 is 0 Å². The summed E-state index contributed by atoms with van der Waals surface area (Å²) in [6.45, 7) is 5.49. The van der Waals surface area contributed by atoms with E-state index in [-0.39, 0.29) is 22.8 Å². The van der Waals surface area contributed by atoms with E-state index in [1.54, 1.807) is 12.1 Å². The van der Waals surface area contributed by atoms with Crippen molar-refractivity contribution in [3.8, 4) is 0 Å². The summed E-state index contributed by atoms with van der Waals surface area (Å²) < 4.78 is 41.3. The molecule has 2 rings (SSSR count). The molecule has 2 aromatic rings. The minimum atomic E-state index is -3.95. The van der Waals surface area contributed by atoms with E-state index in [9.17, 15) is 22.4 Å². The number of carbonyl (C=O) groups is 2. The zero-order valence-corrected chi connectivity index (χ0v) is 17.2. The maximum absolute atomic E-state index is 13.7. The standard InChI is InChI=1S/C20H24FN3O4S/c1-13(2)12-18(24-29(27,28)15-10-8-14(3)9-11-15)20(26)23-22-19(25)16-6-4-5-7-17(16)21/h4-11,13,18,24H,12H2,1-3H3,(H,22,25)(H,23,26)/t18-/m1/s1. The zero-order valence-electron chi connectivity index (χ0n) is 16.4. The van der Waals surface area contributed by atoms with Crippen molar-refractivity contribution in [2.75, 3.05) is 0 Å². The van der Waals surface area contributed by atoms with Crippen LogP contribution in [-0.2, 0) is 14.8 Å². The van der Waals surface area contributed by atoms with Crippen LogP contribution in [0.4, 0.5) is 4.39 Å². The number of benzene rings is 2. The Balaban J connectivity index is 2.10. The molecule has 2 aromatic carbocycles. The van der Waals surface area contributed by atoms with Gasteiger partial charge in [-0.1, -0.05) is 43.7 Å². The number of carbonyl (C=O) groups excluding carboxylic acids is 2. The lowest BCUT2D eigenvalue weighted by atomic mass is 10.0. The number of nitrogens with one attached hydrogen (secondary N) is 3. The lowest BCUT2D eigenvalue weighted by Crippen LogP contribution is -2.52. The van der Waals surface area contributed by atoms with Crippen LogP contribution in [0.5, 0.6) is 0 Å². The summed E-state index contributed by atoms with van der Waals surface area (Å²) in [5, 5.41) is 0. The van der Waals surface area contributed by atoms with Crippen molar-refractivity contribution in [2.24, 2.45) is 5.92 Å². The Bertz CT molecular complexity index is 975. The van der Waals surface area contributed by atoms with Gasteiger partial charge in [0.2, 0.25) is 10.0 Å². The highest BCUT2D eigenvalue weighted by molar-refractivity contribution is 7.89. The van der Waals surface area contributed by atoms with E-state index in [0.717, 1.165) is 11.6 Å². The Labute approximate surface area is 169 Å². The SMILES string of the molecule is Cc1ccc(S(=O)(=O)N[C@H](CC(C)C)C(=O)NNC(=O)c2ccccc2F)cc1. The normalized spacial score (nSPS) is 12.4. The molecule has 0 heterocycles. The van der Waals surface area contributed by atoms with Crippen molar-refractivity contribution in [2.45, 2.75) is 38.1 Å². The molecular weight excluding hydrogens is 397 g/mol. The van der Waals surface area contributed by atoms with Gasteiger partial charge in [-0.25, -0.2) is 12.8 Å². The molecule has 0 radical (unpaired) electrons. The molecule has 0 aromatic heterocycles. The topological polar surface area (TPSA) is 104 Å². The Kier molecular flexibility index (Phi) is 7.46. The van der Waals surface area contributed by atoms with Crippen LogP contribution < -0.4 is 15.6 Å². The molecular formula is C20H24FN3O4S. The second-order valence-corrected chi connectivity index (χ2v) is 8.75. The number of sulfonamides is 1. The molecule has 0 fully saturated rings. The third kappa shape index (κ3) is 6.37. The Hall–Kier alpha value is -2.78. The van der Waals surface area contributed by atoms with E-state index in [2.05, 4.69) is 15.6 Å². The fourth-order valence-corrected chi connectivity index (χ4v) is 3.78. The number of hydrogen-bond acceptors (Lipinski definition) is 4. The highest BCUT2D eigenvalue weighted by Crippen LogP contribution is 2.13. The van der Waals surface area contributed by atoms with Crippen LogP contribution >= 0.6 is 0 Å². The molecule has 0 saturated heterocycles. The van der Waals surface area contributed by atoms with Crippen molar-refractivity contribution in [3.63, 3.8) is 0 Å². The maximum Gasteiger partial charge on any atom is 0.272 e. The fraction of sp³-hybridized carbons (Fsp3) is 0.300. The third-order valence-corrected chi connectivity index (χ3v) is 5.56.